The minimum atomic E-state index is -0.945. The van der Waals surface area contributed by atoms with E-state index in [-0.39, 0.29) is 5.41 Å². The lowest BCUT2D eigenvalue weighted by atomic mass is 9.58. The van der Waals surface area contributed by atoms with Crippen LogP contribution in [0.15, 0.2) is 23.8 Å². The minimum Gasteiger partial charge on any atom is -0.497 e. The summed E-state index contributed by atoms with van der Waals surface area (Å²) >= 11 is 0. The topological polar surface area (TPSA) is 29.5 Å². The zero-order valence-electron chi connectivity index (χ0n) is 14.9. The second kappa shape index (κ2) is 5.14. The van der Waals surface area contributed by atoms with Crippen LogP contribution in [0.5, 0.6) is 5.75 Å². The standard InChI is InChI=1S/C22H26O2/c1-5-22(23)11-9-20-19-12-14(2)18-13-15(24-4)6-7-16(18)17(19)8-10-21(20,22)3/h1,6-7,13-14,20,23H,8-12H2,2-4H3/t14?,20-,21-,22-/m0/s1. The quantitative estimate of drug-likeness (QED) is 0.770. The van der Waals surface area contributed by atoms with E-state index in [4.69, 9.17) is 11.2 Å². The highest BCUT2D eigenvalue weighted by Crippen LogP contribution is 2.62. The van der Waals surface area contributed by atoms with Crippen molar-refractivity contribution in [1.82, 2.24) is 0 Å². The molecule has 0 bridgehead atoms. The highest BCUT2D eigenvalue weighted by molar-refractivity contribution is 5.76. The SMILES string of the molecule is C#C[C@]1(O)CC[C@H]2C3=C(CC[C@@]21C)c1ccc(OC)cc1C(C)C3. The van der Waals surface area contributed by atoms with Gasteiger partial charge in [-0.05, 0) is 72.8 Å². The fourth-order valence-corrected chi connectivity index (χ4v) is 5.54. The van der Waals surface area contributed by atoms with E-state index in [9.17, 15) is 5.11 Å². The predicted octanol–water partition coefficient (Wildman–Crippen LogP) is 4.53. The molecule has 0 heterocycles. The van der Waals surface area contributed by atoms with Gasteiger partial charge in [0.05, 0.1) is 7.11 Å². The molecule has 1 aromatic rings. The fraction of sp³-hybridized carbons (Fsp3) is 0.545. The van der Waals surface area contributed by atoms with Crippen molar-refractivity contribution >= 4 is 5.57 Å². The maximum Gasteiger partial charge on any atom is 0.131 e. The van der Waals surface area contributed by atoms with E-state index in [0.29, 0.717) is 11.8 Å². The highest BCUT2D eigenvalue weighted by atomic mass is 16.5. The molecule has 1 fully saturated rings. The zero-order chi connectivity index (χ0) is 17.1. The van der Waals surface area contributed by atoms with Crippen molar-refractivity contribution in [2.75, 3.05) is 7.11 Å². The molecule has 1 saturated carbocycles. The lowest BCUT2D eigenvalue weighted by Crippen LogP contribution is -2.46. The molecule has 4 rings (SSSR count). The Hall–Kier alpha value is -1.72. The van der Waals surface area contributed by atoms with Gasteiger partial charge >= 0.3 is 0 Å². The maximum absolute atomic E-state index is 11.0. The summed E-state index contributed by atoms with van der Waals surface area (Å²) < 4.78 is 5.42. The Kier molecular flexibility index (Phi) is 3.38. The number of ether oxygens (including phenoxy) is 1. The lowest BCUT2D eigenvalue weighted by molar-refractivity contribution is -0.0218. The van der Waals surface area contributed by atoms with Gasteiger partial charge < -0.3 is 9.84 Å². The molecule has 0 spiro atoms. The Bertz CT molecular complexity index is 769. The average Bonchev–Trinajstić information content (AvgIpc) is 2.87. The Morgan fingerprint density at radius 2 is 2.12 bits per heavy atom. The normalized spacial score (nSPS) is 37.3. The molecule has 0 saturated heterocycles. The molecule has 0 aromatic heterocycles. The molecular weight excluding hydrogens is 296 g/mol. The number of hydrogen-bond acceptors (Lipinski definition) is 2. The number of methoxy groups -OCH3 is 1. The van der Waals surface area contributed by atoms with Crippen LogP contribution in [-0.2, 0) is 0 Å². The Labute approximate surface area is 144 Å². The lowest BCUT2D eigenvalue weighted by Gasteiger charge is -2.47. The molecule has 3 aliphatic rings. The number of allylic oxidation sites excluding steroid dienone is 2. The molecule has 1 N–H and O–H groups in total. The van der Waals surface area contributed by atoms with Crippen molar-refractivity contribution in [3.63, 3.8) is 0 Å². The van der Waals surface area contributed by atoms with Gasteiger partial charge in [0.15, 0.2) is 0 Å². The van der Waals surface area contributed by atoms with Crippen LogP contribution in [-0.4, -0.2) is 17.8 Å². The number of terminal acetylenes is 1. The van der Waals surface area contributed by atoms with Crippen LogP contribution in [0.25, 0.3) is 5.57 Å². The summed E-state index contributed by atoms with van der Waals surface area (Å²) in [6.07, 6.45) is 10.5. The van der Waals surface area contributed by atoms with E-state index in [1.165, 1.54) is 16.7 Å². The first-order chi connectivity index (χ1) is 11.4. The predicted molar refractivity (Wildman–Crippen MR) is 96.8 cm³/mol. The summed E-state index contributed by atoms with van der Waals surface area (Å²) in [4.78, 5) is 0. The minimum absolute atomic E-state index is 0.176. The fourth-order valence-electron chi connectivity index (χ4n) is 5.54. The largest absolute Gasteiger partial charge is 0.497 e. The average molecular weight is 322 g/mol. The van der Waals surface area contributed by atoms with Gasteiger partial charge in [0.1, 0.15) is 11.4 Å². The van der Waals surface area contributed by atoms with E-state index in [0.717, 1.165) is 37.9 Å². The molecule has 1 unspecified atom stereocenters. The number of fused-ring (bicyclic) bond motifs is 4. The van der Waals surface area contributed by atoms with E-state index < -0.39 is 5.60 Å². The summed E-state index contributed by atoms with van der Waals surface area (Å²) in [7, 11) is 1.73. The third kappa shape index (κ3) is 1.88. The zero-order valence-corrected chi connectivity index (χ0v) is 14.9. The van der Waals surface area contributed by atoms with Crippen LogP contribution < -0.4 is 4.74 Å². The van der Waals surface area contributed by atoms with Crippen molar-refractivity contribution in [1.29, 1.82) is 0 Å². The highest BCUT2D eigenvalue weighted by Gasteiger charge is 2.58. The van der Waals surface area contributed by atoms with Crippen LogP contribution in [0.4, 0.5) is 0 Å². The van der Waals surface area contributed by atoms with Crippen molar-refractivity contribution in [3.05, 3.63) is 34.9 Å². The van der Waals surface area contributed by atoms with Gasteiger partial charge in [-0.1, -0.05) is 31.4 Å². The molecule has 0 amide bonds. The molecule has 1 aromatic carbocycles. The van der Waals surface area contributed by atoms with Crippen LogP contribution in [0.3, 0.4) is 0 Å². The van der Waals surface area contributed by atoms with Gasteiger partial charge in [0.25, 0.3) is 0 Å². The second-order valence-corrected chi connectivity index (χ2v) is 8.08. The maximum atomic E-state index is 11.0. The van der Waals surface area contributed by atoms with Crippen LogP contribution in [0.2, 0.25) is 0 Å². The Balaban J connectivity index is 1.83. The van der Waals surface area contributed by atoms with Gasteiger partial charge in [-0.3, -0.25) is 0 Å². The molecule has 3 aliphatic carbocycles. The van der Waals surface area contributed by atoms with Gasteiger partial charge in [-0.15, -0.1) is 6.42 Å². The first-order valence-corrected chi connectivity index (χ1v) is 9.04. The van der Waals surface area contributed by atoms with Gasteiger partial charge in [-0.2, -0.15) is 0 Å². The number of hydrogen-bond donors (Lipinski definition) is 1. The van der Waals surface area contributed by atoms with Gasteiger partial charge in [-0.25, -0.2) is 0 Å². The molecule has 0 aliphatic heterocycles. The van der Waals surface area contributed by atoms with Gasteiger partial charge in [0, 0.05) is 5.41 Å². The van der Waals surface area contributed by atoms with E-state index >= 15 is 0 Å². The smallest absolute Gasteiger partial charge is 0.131 e. The van der Waals surface area contributed by atoms with E-state index in [2.05, 4.69) is 38.0 Å². The Morgan fingerprint density at radius 3 is 2.83 bits per heavy atom. The van der Waals surface area contributed by atoms with Gasteiger partial charge in [0.2, 0.25) is 0 Å². The first-order valence-electron chi connectivity index (χ1n) is 9.04. The Morgan fingerprint density at radius 1 is 1.33 bits per heavy atom. The number of rotatable bonds is 1. The van der Waals surface area contributed by atoms with Crippen LogP contribution in [0.1, 0.15) is 63.0 Å². The molecule has 0 radical (unpaired) electrons. The number of aliphatic hydroxyl groups is 1. The number of benzene rings is 1. The summed E-state index contributed by atoms with van der Waals surface area (Å²) in [5, 5.41) is 11.0. The molecule has 4 atom stereocenters. The van der Waals surface area contributed by atoms with Crippen LogP contribution >= 0.6 is 0 Å². The second-order valence-electron chi connectivity index (χ2n) is 8.08. The van der Waals surface area contributed by atoms with Crippen molar-refractivity contribution in [2.45, 2.75) is 57.5 Å². The molecular formula is C22H26O2. The third-order valence-electron chi connectivity index (χ3n) is 7.09. The molecule has 2 nitrogen and oxygen atoms in total. The summed E-state index contributed by atoms with van der Waals surface area (Å²) in [5.74, 6) is 4.57. The summed E-state index contributed by atoms with van der Waals surface area (Å²) in [5.41, 5.74) is 4.74. The van der Waals surface area contributed by atoms with E-state index in [1.54, 1.807) is 12.7 Å². The summed E-state index contributed by atoms with van der Waals surface area (Å²) in [6, 6.07) is 6.50. The van der Waals surface area contributed by atoms with Crippen molar-refractivity contribution in [3.8, 4) is 18.1 Å². The monoisotopic (exact) mass is 322 g/mol. The van der Waals surface area contributed by atoms with Crippen LogP contribution in [0, 0.1) is 23.7 Å². The van der Waals surface area contributed by atoms with Crippen molar-refractivity contribution < 1.29 is 9.84 Å². The molecule has 126 valence electrons. The molecule has 24 heavy (non-hydrogen) atoms. The van der Waals surface area contributed by atoms with Crippen molar-refractivity contribution in [2.24, 2.45) is 11.3 Å². The first kappa shape index (κ1) is 15.8. The van der Waals surface area contributed by atoms with E-state index in [1.807, 2.05) is 0 Å². The molecule has 2 heteroatoms. The summed E-state index contributed by atoms with van der Waals surface area (Å²) in [6.45, 7) is 4.51. The third-order valence-corrected chi connectivity index (χ3v) is 7.09.